The van der Waals surface area contributed by atoms with Gasteiger partial charge in [-0.2, -0.15) is 0 Å². The highest BCUT2D eigenvalue weighted by molar-refractivity contribution is 8.13. The third-order valence-corrected chi connectivity index (χ3v) is 7.17. The van der Waals surface area contributed by atoms with E-state index in [1.54, 1.807) is 12.1 Å². The zero-order chi connectivity index (χ0) is 18.9. The first-order valence-corrected chi connectivity index (χ1v) is 12.1. The summed E-state index contributed by atoms with van der Waals surface area (Å²) in [4.78, 5) is 7.20. The third kappa shape index (κ3) is 4.30. The number of rotatable bonds is 6. The summed E-state index contributed by atoms with van der Waals surface area (Å²) in [6.07, 6.45) is 9.94. The van der Waals surface area contributed by atoms with Gasteiger partial charge in [0.2, 0.25) is 0 Å². The Hall–Kier alpha value is -1.59. The van der Waals surface area contributed by atoms with Crippen LogP contribution in [0.25, 0.3) is 0 Å². The van der Waals surface area contributed by atoms with E-state index in [9.17, 15) is 8.42 Å². The van der Waals surface area contributed by atoms with Gasteiger partial charge in [-0.15, -0.1) is 0 Å². The molecule has 1 fully saturated rings. The van der Waals surface area contributed by atoms with Crippen molar-refractivity contribution in [1.82, 2.24) is 4.98 Å². The molecule has 2 aliphatic rings. The van der Waals surface area contributed by atoms with Crippen molar-refractivity contribution in [2.75, 3.05) is 11.4 Å². The van der Waals surface area contributed by atoms with Crippen LogP contribution in [-0.2, 0) is 21.9 Å². The van der Waals surface area contributed by atoms with Gasteiger partial charge in [-0.3, -0.25) is 0 Å². The van der Waals surface area contributed by atoms with E-state index in [2.05, 4.69) is 17.0 Å². The second-order valence-corrected chi connectivity index (χ2v) is 10.2. The highest BCUT2D eigenvalue weighted by Gasteiger charge is 2.24. The lowest BCUT2D eigenvalue weighted by atomic mass is 10.00. The molecule has 4 rings (SSSR count). The normalized spacial score (nSPS) is 17.4. The topological polar surface area (TPSA) is 50.3 Å². The van der Waals surface area contributed by atoms with Crippen LogP contribution in [0, 0.1) is 5.92 Å². The van der Waals surface area contributed by atoms with Gasteiger partial charge in [-0.1, -0.05) is 38.2 Å². The van der Waals surface area contributed by atoms with Crippen LogP contribution in [0.2, 0.25) is 0 Å². The molecule has 0 N–H and O–H groups in total. The van der Waals surface area contributed by atoms with Crippen LogP contribution >= 0.6 is 10.7 Å². The Labute approximate surface area is 166 Å². The number of nitrogens with zero attached hydrogens (tertiary/aromatic N) is 2. The number of aryl methyl sites for hydroxylation is 1. The van der Waals surface area contributed by atoms with Gasteiger partial charge in [0.05, 0.1) is 4.90 Å². The Bertz CT molecular complexity index is 924. The van der Waals surface area contributed by atoms with E-state index in [0.717, 1.165) is 48.1 Å². The Kier molecular flexibility index (Phi) is 5.42. The number of anilines is 2. The molecule has 0 saturated heterocycles. The van der Waals surface area contributed by atoms with E-state index in [-0.39, 0.29) is 4.90 Å². The molecular formula is C21H25ClN2O2S. The fraction of sp³-hybridized carbons (Fsp3) is 0.476. The first kappa shape index (κ1) is 18.8. The molecule has 0 bridgehead atoms. The van der Waals surface area contributed by atoms with E-state index in [0.29, 0.717) is 0 Å². The van der Waals surface area contributed by atoms with Crippen LogP contribution in [0.4, 0.5) is 11.5 Å². The number of halogens is 1. The zero-order valence-electron chi connectivity index (χ0n) is 15.4. The van der Waals surface area contributed by atoms with E-state index >= 15 is 0 Å². The van der Waals surface area contributed by atoms with Gasteiger partial charge < -0.3 is 4.90 Å². The summed E-state index contributed by atoms with van der Waals surface area (Å²) in [5.41, 5.74) is 3.17. The molecule has 1 aromatic carbocycles. The fourth-order valence-electron chi connectivity index (χ4n) is 4.40. The molecule has 6 heteroatoms. The zero-order valence-corrected chi connectivity index (χ0v) is 17.0. The second kappa shape index (κ2) is 7.80. The van der Waals surface area contributed by atoms with Crippen molar-refractivity contribution < 1.29 is 8.42 Å². The third-order valence-electron chi connectivity index (χ3n) is 5.82. The van der Waals surface area contributed by atoms with Crippen molar-refractivity contribution in [2.45, 2.75) is 56.3 Å². The lowest BCUT2D eigenvalue weighted by molar-refractivity contribution is 0.482. The van der Waals surface area contributed by atoms with Gasteiger partial charge in [0, 0.05) is 28.6 Å². The lowest BCUT2D eigenvalue weighted by Gasteiger charge is -2.19. The van der Waals surface area contributed by atoms with Crippen molar-refractivity contribution >= 4 is 31.2 Å². The minimum absolute atomic E-state index is 0.165. The molecule has 1 saturated carbocycles. The van der Waals surface area contributed by atoms with Gasteiger partial charge >= 0.3 is 0 Å². The molecule has 1 aliphatic carbocycles. The van der Waals surface area contributed by atoms with E-state index in [1.807, 2.05) is 12.1 Å². The van der Waals surface area contributed by atoms with Crippen LogP contribution < -0.4 is 4.90 Å². The molecule has 2 aromatic rings. The maximum absolute atomic E-state index is 11.6. The molecule has 1 aromatic heterocycles. The fourth-order valence-corrected chi connectivity index (χ4v) is 5.20. The number of hydrogen-bond donors (Lipinski definition) is 0. The minimum atomic E-state index is -3.69. The van der Waals surface area contributed by atoms with Crippen molar-refractivity contribution in [3.05, 3.63) is 47.7 Å². The molecule has 1 aliphatic heterocycles. The van der Waals surface area contributed by atoms with Gasteiger partial charge in [-0.25, -0.2) is 13.4 Å². The Morgan fingerprint density at radius 3 is 2.74 bits per heavy atom. The average Bonchev–Trinajstić information content (AvgIpc) is 3.30. The molecule has 0 unspecified atom stereocenters. The summed E-state index contributed by atoms with van der Waals surface area (Å²) in [6.45, 7) is 0.805. The summed E-state index contributed by atoms with van der Waals surface area (Å²) in [5, 5.41) is 0. The van der Waals surface area contributed by atoms with Gasteiger partial charge in [-0.05, 0) is 61.1 Å². The molecule has 27 heavy (non-hydrogen) atoms. The number of aromatic nitrogens is 1. The largest absolute Gasteiger partial charge is 0.326 e. The summed E-state index contributed by atoms with van der Waals surface area (Å²) in [6, 6.07) is 11.3. The molecular weight excluding hydrogens is 380 g/mol. The Balaban J connectivity index is 1.47. The maximum Gasteiger partial charge on any atom is 0.261 e. The molecule has 0 radical (unpaired) electrons. The molecule has 0 amide bonds. The van der Waals surface area contributed by atoms with Crippen LogP contribution in [0.3, 0.4) is 0 Å². The van der Waals surface area contributed by atoms with Crippen LogP contribution in [0.15, 0.2) is 41.3 Å². The molecule has 0 atom stereocenters. The van der Waals surface area contributed by atoms with Crippen LogP contribution in [0.5, 0.6) is 0 Å². The molecule has 4 nitrogen and oxygen atoms in total. The molecule has 144 valence electrons. The smallest absolute Gasteiger partial charge is 0.261 e. The molecule has 0 spiro atoms. The number of hydrogen-bond acceptors (Lipinski definition) is 4. The first-order valence-electron chi connectivity index (χ1n) is 9.82. The average molecular weight is 405 g/mol. The van der Waals surface area contributed by atoms with E-state index in [1.165, 1.54) is 38.5 Å². The summed E-state index contributed by atoms with van der Waals surface area (Å²) >= 11 is 0. The van der Waals surface area contributed by atoms with E-state index in [4.69, 9.17) is 15.7 Å². The van der Waals surface area contributed by atoms with E-state index < -0.39 is 9.05 Å². The first-order chi connectivity index (χ1) is 13.0. The standard InChI is InChI=1S/C21H25ClN2O2S/c22-27(25,26)19-11-12-20-17(15-19)13-14-24(20)21-10-4-9-18(23-21)8-3-7-16-5-1-2-6-16/h4,9-12,15-16H,1-3,5-8,13-14H2. The van der Waals surface area contributed by atoms with Crippen LogP contribution in [0.1, 0.15) is 49.8 Å². The van der Waals surface area contributed by atoms with Crippen molar-refractivity contribution in [3.8, 4) is 0 Å². The second-order valence-electron chi connectivity index (χ2n) is 7.66. The quantitative estimate of drug-likeness (QED) is 0.619. The highest BCUT2D eigenvalue weighted by Crippen LogP contribution is 2.35. The Morgan fingerprint density at radius 1 is 1.15 bits per heavy atom. The summed E-state index contributed by atoms with van der Waals surface area (Å²) in [7, 11) is 1.78. The van der Waals surface area contributed by atoms with Crippen molar-refractivity contribution in [3.63, 3.8) is 0 Å². The van der Waals surface area contributed by atoms with Crippen molar-refractivity contribution in [2.24, 2.45) is 5.92 Å². The predicted octanol–water partition coefficient (Wildman–Crippen LogP) is 5.22. The number of benzene rings is 1. The Morgan fingerprint density at radius 2 is 1.96 bits per heavy atom. The highest BCUT2D eigenvalue weighted by atomic mass is 35.7. The van der Waals surface area contributed by atoms with Gasteiger partial charge in [0.25, 0.3) is 9.05 Å². The monoisotopic (exact) mass is 404 g/mol. The van der Waals surface area contributed by atoms with Gasteiger partial charge in [0.1, 0.15) is 5.82 Å². The molecule has 2 heterocycles. The van der Waals surface area contributed by atoms with Crippen molar-refractivity contribution in [1.29, 1.82) is 0 Å². The van der Waals surface area contributed by atoms with Gasteiger partial charge in [0.15, 0.2) is 0 Å². The number of fused-ring (bicyclic) bond motifs is 1. The predicted molar refractivity (Wildman–Crippen MR) is 109 cm³/mol. The minimum Gasteiger partial charge on any atom is -0.326 e. The lowest BCUT2D eigenvalue weighted by Crippen LogP contribution is -2.15. The summed E-state index contributed by atoms with van der Waals surface area (Å²) < 4.78 is 23.1. The SMILES string of the molecule is O=S(=O)(Cl)c1ccc2c(c1)CCN2c1cccc(CCCC2CCCC2)n1. The maximum atomic E-state index is 11.6. The van der Waals surface area contributed by atoms with Crippen LogP contribution in [-0.4, -0.2) is 19.9 Å². The number of pyridine rings is 1. The summed E-state index contributed by atoms with van der Waals surface area (Å²) in [5.74, 6) is 1.86.